The Morgan fingerprint density at radius 2 is 1.69 bits per heavy atom. The molecule has 0 aliphatic rings. The second-order valence-corrected chi connectivity index (χ2v) is 4.41. The van der Waals surface area contributed by atoms with Crippen LogP contribution in [0.2, 0.25) is 0 Å². The second-order valence-electron chi connectivity index (χ2n) is 4.41. The molecule has 0 saturated carbocycles. The zero-order valence-corrected chi connectivity index (χ0v) is 10.8. The highest BCUT2D eigenvalue weighted by Crippen LogP contribution is 2.12. The first kappa shape index (κ1) is 13.2. The molecule has 0 fully saturated rings. The molecule has 1 aromatic rings. The van der Waals surface area contributed by atoms with Crippen LogP contribution in [0.3, 0.4) is 0 Å². The molecule has 0 aromatic heterocycles. The molecule has 1 nitrogen and oxygen atoms in total. The van der Waals surface area contributed by atoms with E-state index in [4.69, 9.17) is 4.74 Å². The van der Waals surface area contributed by atoms with Crippen LogP contribution < -0.4 is 0 Å². The normalized spacial score (nSPS) is 13.0. The molecule has 1 atom stereocenters. The van der Waals surface area contributed by atoms with Gasteiger partial charge < -0.3 is 4.74 Å². The highest BCUT2D eigenvalue weighted by molar-refractivity contribution is 5.14. The summed E-state index contributed by atoms with van der Waals surface area (Å²) in [6.45, 7) is 6.57. The Morgan fingerprint density at radius 1 is 1.06 bits per heavy atom. The lowest BCUT2D eigenvalue weighted by Gasteiger charge is -2.20. The molecule has 16 heavy (non-hydrogen) atoms. The summed E-state index contributed by atoms with van der Waals surface area (Å²) < 4.78 is 5.97. The third kappa shape index (κ3) is 4.80. The molecule has 90 valence electrons. The van der Waals surface area contributed by atoms with Gasteiger partial charge in [-0.25, -0.2) is 0 Å². The molecule has 0 amide bonds. The third-order valence-corrected chi connectivity index (χ3v) is 3.02. The molecule has 0 heterocycles. The van der Waals surface area contributed by atoms with E-state index in [9.17, 15) is 0 Å². The van der Waals surface area contributed by atoms with Crippen molar-refractivity contribution in [1.82, 2.24) is 0 Å². The van der Waals surface area contributed by atoms with E-state index in [1.807, 2.05) is 0 Å². The summed E-state index contributed by atoms with van der Waals surface area (Å²) in [7, 11) is 0. The average Bonchev–Trinajstić information content (AvgIpc) is 2.34. The Balaban J connectivity index is 2.27. The Morgan fingerprint density at radius 3 is 2.25 bits per heavy atom. The smallest absolute Gasteiger partial charge is 0.0573 e. The fraction of sp³-hybridized carbons (Fsp3) is 0.600. The van der Waals surface area contributed by atoms with E-state index in [0.29, 0.717) is 12.2 Å². The molecule has 0 spiro atoms. The van der Waals surface area contributed by atoms with Crippen molar-refractivity contribution in [3.05, 3.63) is 35.9 Å². The van der Waals surface area contributed by atoms with E-state index in [-0.39, 0.29) is 0 Å². The summed E-state index contributed by atoms with van der Waals surface area (Å²) in [5.74, 6) is 0. The Kier molecular flexibility index (Phi) is 6.17. The lowest BCUT2D eigenvalue weighted by atomic mass is 10.1. The SMILES string of the molecule is CCC(CC)OC(C)CCc1ccccc1. The fourth-order valence-electron chi connectivity index (χ4n) is 1.89. The first-order valence-corrected chi connectivity index (χ1v) is 6.45. The van der Waals surface area contributed by atoms with Crippen LogP contribution in [0.25, 0.3) is 0 Å². The molecule has 1 heteroatoms. The minimum atomic E-state index is 0.366. The molecule has 0 saturated heterocycles. The molecule has 0 N–H and O–H groups in total. The van der Waals surface area contributed by atoms with E-state index in [2.05, 4.69) is 51.1 Å². The quantitative estimate of drug-likeness (QED) is 0.668. The molecule has 1 aromatic carbocycles. The van der Waals surface area contributed by atoms with Crippen molar-refractivity contribution in [3.63, 3.8) is 0 Å². The Hall–Kier alpha value is -0.820. The van der Waals surface area contributed by atoms with Gasteiger partial charge in [-0.15, -0.1) is 0 Å². The van der Waals surface area contributed by atoms with Crippen LogP contribution in [0.4, 0.5) is 0 Å². The molecular weight excluding hydrogens is 196 g/mol. The van der Waals surface area contributed by atoms with Gasteiger partial charge in [-0.2, -0.15) is 0 Å². The minimum Gasteiger partial charge on any atom is -0.375 e. The zero-order chi connectivity index (χ0) is 11.8. The molecular formula is C15H24O. The number of ether oxygens (including phenoxy) is 1. The standard InChI is InChI=1S/C15H24O/c1-4-15(5-2)16-13(3)11-12-14-9-7-6-8-10-14/h6-10,13,15H,4-5,11-12H2,1-3H3. The van der Waals surface area contributed by atoms with Gasteiger partial charge in [0.2, 0.25) is 0 Å². The third-order valence-electron chi connectivity index (χ3n) is 3.02. The van der Waals surface area contributed by atoms with Crippen LogP contribution in [0.5, 0.6) is 0 Å². The molecule has 0 aliphatic heterocycles. The van der Waals surface area contributed by atoms with Gasteiger partial charge in [0.1, 0.15) is 0 Å². The maximum atomic E-state index is 5.97. The highest BCUT2D eigenvalue weighted by Gasteiger charge is 2.09. The van der Waals surface area contributed by atoms with Crippen molar-refractivity contribution >= 4 is 0 Å². The first-order valence-electron chi connectivity index (χ1n) is 6.45. The zero-order valence-electron chi connectivity index (χ0n) is 10.8. The number of hydrogen-bond acceptors (Lipinski definition) is 1. The van der Waals surface area contributed by atoms with Gasteiger partial charge in [-0.3, -0.25) is 0 Å². The van der Waals surface area contributed by atoms with E-state index in [1.54, 1.807) is 0 Å². The van der Waals surface area contributed by atoms with Gasteiger partial charge in [0, 0.05) is 0 Å². The second kappa shape index (κ2) is 7.45. The monoisotopic (exact) mass is 220 g/mol. The van der Waals surface area contributed by atoms with E-state index in [0.717, 1.165) is 25.7 Å². The van der Waals surface area contributed by atoms with Gasteiger partial charge in [0.25, 0.3) is 0 Å². The van der Waals surface area contributed by atoms with Crippen molar-refractivity contribution in [3.8, 4) is 0 Å². The average molecular weight is 220 g/mol. The van der Waals surface area contributed by atoms with Crippen LogP contribution in [-0.2, 0) is 11.2 Å². The summed E-state index contributed by atoms with van der Waals surface area (Å²) in [5.41, 5.74) is 1.41. The van der Waals surface area contributed by atoms with Crippen LogP contribution in [0.1, 0.15) is 45.6 Å². The van der Waals surface area contributed by atoms with Gasteiger partial charge in [-0.1, -0.05) is 44.2 Å². The van der Waals surface area contributed by atoms with Gasteiger partial charge in [0.15, 0.2) is 0 Å². The van der Waals surface area contributed by atoms with Gasteiger partial charge >= 0.3 is 0 Å². The Labute approximate surface area is 99.8 Å². The van der Waals surface area contributed by atoms with Gasteiger partial charge in [0.05, 0.1) is 12.2 Å². The molecule has 0 aliphatic carbocycles. The minimum absolute atomic E-state index is 0.366. The van der Waals surface area contributed by atoms with E-state index < -0.39 is 0 Å². The summed E-state index contributed by atoms with van der Waals surface area (Å²) in [6.07, 6.45) is 5.26. The van der Waals surface area contributed by atoms with Crippen LogP contribution >= 0.6 is 0 Å². The number of rotatable bonds is 7. The van der Waals surface area contributed by atoms with Crippen molar-refractivity contribution in [2.75, 3.05) is 0 Å². The highest BCUT2D eigenvalue weighted by atomic mass is 16.5. The van der Waals surface area contributed by atoms with Gasteiger partial charge in [-0.05, 0) is 38.2 Å². The van der Waals surface area contributed by atoms with Crippen molar-refractivity contribution < 1.29 is 4.74 Å². The molecule has 0 radical (unpaired) electrons. The van der Waals surface area contributed by atoms with E-state index >= 15 is 0 Å². The predicted octanol–water partition coefficient (Wildman–Crippen LogP) is 4.21. The summed E-state index contributed by atoms with van der Waals surface area (Å²) in [5, 5.41) is 0. The molecule has 0 bridgehead atoms. The fourth-order valence-corrected chi connectivity index (χ4v) is 1.89. The topological polar surface area (TPSA) is 9.23 Å². The Bertz CT molecular complexity index is 264. The lowest BCUT2D eigenvalue weighted by Crippen LogP contribution is -2.19. The van der Waals surface area contributed by atoms with E-state index in [1.165, 1.54) is 5.56 Å². The number of benzene rings is 1. The van der Waals surface area contributed by atoms with Crippen molar-refractivity contribution in [1.29, 1.82) is 0 Å². The number of aryl methyl sites for hydroxylation is 1. The van der Waals surface area contributed by atoms with Crippen molar-refractivity contribution in [2.45, 2.75) is 58.7 Å². The van der Waals surface area contributed by atoms with Crippen LogP contribution in [-0.4, -0.2) is 12.2 Å². The summed E-state index contributed by atoms with van der Waals surface area (Å²) in [6, 6.07) is 10.6. The molecule has 1 unspecified atom stereocenters. The molecule has 1 rings (SSSR count). The van der Waals surface area contributed by atoms with Crippen LogP contribution in [0, 0.1) is 0 Å². The summed E-state index contributed by atoms with van der Waals surface area (Å²) in [4.78, 5) is 0. The maximum Gasteiger partial charge on any atom is 0.0573 e. The first-order chi connectivity index (χ1) is 7.76. The maximum absolute atomic E-state index is 5.97. The largest absolute Gasteiger partial charge is 0.375 e. The lowest BCUT2D eigenvalue weighted by molar-refractivity contribution is -0.00938. The predicted molar refractivity (Wildman–Crippen MR) is 69.7 cm³/mol. The van der Waals surface area contributed by atoms with Crippen LogP contribution in [0.15, 0.2) is 30.3 Å². The summed E-state index contributed by atoms with van der Waals surface area (Å²) >= 11 is 0. The number of hydrogen-bond donors (Lipinski definition) is 0. The van der Waals surface area contributed by atoms with Crippen molar-refractivity contribution in [2.24, 2.45) is 0 Å².